The van der Waals surface area contributed by atoms with Crippen molar-refractivity contribution < 1.29 is 5.21 Å². The first-order valence-electron chi connectivity index (χ1n) is 5.70. The second-order valence-corrected chi connectivity index (χ2v) is 4.39. The molecule has 17 heavy (non-hydrogen) atoms. The van der Waals surface area contributed by atoms with Crippen LogP contribution in [0.4, 0.5) is 0 Å². The fraction of sp³-hybridized carbons (Fsp3) is 0.133. The predicted octanol–water partition coefficient (Wildman–Crippen LogP) is 3.46. The third kappa shape index (κ3) is 1.53. The number of hydrogen-bond donors (Lipinski definition) is 1. The number of oxime groups is 1. The van der Waals surface area contributed by atoms with Gasteiger partial charge in [0, 0.05) is 0 Å². The molecule has 1 N–H and O–H groups in total. The molecule has 0 heterocycles. The minimum atomic E-state index is 0.656. The Morgan fingerprint density at radius 1 is 1.06 bits per heavy atom. The number of rotatable bonds is 1. The number of hydrogen-bond acceptors (Lipinski definition) is 2. The zero-order valence-electron chi connectivity index (χ0n) is 9.64. The van der Waals surface area contributed by atoms with Crippen molar-refractivity contribution in [1.29, 1.82) is 0 Å². The second kappa shape index (κ2) is 3.74. The standard InChI is InChI=1S/C15H13NO/c1-10(16-17)11-6-7-15-13(8-11)9-12-4-2-3-5-14(12)15/h2-8,17H,9H2,1H3. The molecule has 0 saturated carbocycles. The van der Waals surface area contributed by atoms with Gasteiger partial charge in [-0.15, -0.1) is 0 Å². The number of nitrogens with zero attached hydrogens (tertiary/aromatic N) is 1. The lowest BCUT2D eigenvalue weighted by atomic mass is 10.0. The molecule has 0 unspecified atom stereocenters. The SMILES string of the molecule is CC(=NO)c1ccc2c(c1)Cc1ccccc1-2. The number of fused-ring (bicyclic) bond motifs is 3. The van der Waals surface area contributed by atoms with Crippen LogP contribution in [0.2, 0.25) is 0 Å². The molecule has 0 atom stereocenters. The van der Waals surface area contributed by atoms with Crippen LogP contribution in [0, 0.1) is 0 Å². The maximum atomic E-state index is 8.80. The van der Waals surface area contributed by atoms with Gasteiger partial charge in [0.15, 0.2) is 0 Å². The summed E-state index contributed by atoms with van der Waals surface area (Å²) in [5.74, 6) is 0. The van der Waals surface area contributed by atoms with Gasteiger partial charge in [-0.3, -0.25) is 0 Å². The van der Waals surface area contributed by atoms with E-state index in [1.165, 1.54) is 22.3 Å². The molecule has 2 nitrogen and oxygen atoms in total. The Kier molecular flexibility index (Phi) is 2.22. The van der Waals surface area contributed by atoms with Gasteiger partial charge < -0.3 is 5.21 Å². The molecule has 84 valence electrons. The Bertz CT molecular complexity index is 614. The van der Waals surface area contributed by atoms with Crippen molar-refractivity contribution in [3.63, 3.8) is 0 Å². The molecule has 1 aliphatic rings. The van der Waals surface area contributed by atoms with Gasteiger partial charge in [-0.05, 0) is 47.2 Å². The smallest absolute Gasteiger partial charge is 0.0837 e. The van der Waals surface area contributed by atoms with Crippen molar-refractivity contribution in [2.45, 2.75) is 13.3 Å². The lowest BCUT2D eigenvalue weighted by Crippen LogP contribution is -1.95. The lowest BCUT2D eigenvalue weighted by Gasteiger charge is -2.03. The maximum Gasteiger partial charge on any atom is 0.0837 e. The van der Waals surface area contributed by atoms with Crippen LogP contribution in [0.25, 0.3) is 11.1 Å². The largest absolute Gasteiger partial charge is 0.411 e. The van der Waals surface area contributed by atoms with Crippen LogP contribution in [0.5, 0.6) is 0 Å². The van der Waals surface area contributed by atoms with Crippen LogP contribution >= 0.6 is 0 Å². The molecule has 0 bridgehead atoms. The normalized spacial score (nSPS) is 13.4. The fourth-order valence-corrected chi connectivity index (χ4v) is 2.43. The third-order valence-corrected chi connectivity index (χ3v) is 3.36. The summed E-state index contributed by atoms with van der Waals surface area (Å²) in [6.45, 7) is 1.81. The van der Waals surface area contributed by atoms with Gasteiger partial charge in [-0.2, -0.15) is 0 Å². The zero-order chi connectivity index (χ0) is 11.8. The highest BCUT2D eigenvalue weighted by Crippen LogP contribution is 2.36. The first-order valence-corrected chi connectivity index (χ1v) is 5.70. The summed E-state index contributed by atoms with van der Waals surface area (Å²) in [7, 11) is 0. The van der Waals surface area contributed by atoms with E-state index in [9.17, 15) is 0 Å². The van der Waals surface area contributed by atoms with Crippen LogP contribution in [0.1, 0.15) is 23.6 Å². The molecule has 0 saturated heterocycles. The summed E-state index contributed by atoms with van der Waals surface area (Å²) in [6, 6.07) is 14.7. The van der Waals surface area contributed by atoms with E-state index in [1.54, 1.807) is 0 Å². The molecule has 0 spiro atoms. The first-order chi connectivity index (χ1) is 8.29. The minimum Gasteiger partial charge on any atom is -0.411 e. The van der Waals surface area contributed by atoms with Gasteiger partial charge in [0.25, 0.3) is 0 Å². The topological polar surface area (TPSA) is 32.6 Å². The molecule has 3 rings (SSSR count). The molecule has 0 aromatic heterocycles. The Hall–Kier alpha value is -2.09. The molecule has 2 aromatic rings. The van der Waals surface area contributed by atoms with Crippen molar-refractivity contribution in [3.05, 3.63) is 59.2 Å². The van der Waals surface area contributed by atoms with Gasteiger partial charge in [-0.25, -0.2) is 0 Å². The summed E-state index contributed by atoms with van der Waals surface area (Å²) in [5, 5.41) is 12.0. The zero-order valence-corrected chi connectivity index (χ0v) is 9.64. The van der Waals surface area contributed by atoms with E-state index in [4.69, 9.17) is 5.21 Å². The Labute approximate surface area is 100 Å². The molecule has 0 fully saturated rings. The molecular weight excluding hydrogens is 210 g/mol. The Morgan fingerprint density at radius 2 is 1.82 bits per heavy atom. The summed E-state index contributed by atoms with van der Waals surface area (Å²) in [4.78, 5) is 0. The summed E-state index contributed by atoms with van der Waals surface area (Å²) in [5.41, 5.74) is 6.95. The monoisotopic (exact) mass is 223 g/mol. The van der Waals surface area contributed by atoms with E-state index in [1.807, 2.05) is 13.0 Å². The maximum absolute atomic E-state index is 8.80. The first kappa shape index (κ1) is 10.1. The molecular formula is C15H13NO. The molecule has 2 aromatic carbocycles. The summed E-state index contributed by atoms with van der Waals surface area (Å²) >= 11 is 0. The minimum absolute atomic E-state index is 0.656. The van der Waals surface area contributed by atoms with Crippen LogP contribution < -0.4 is 0 Å². The van der Waals surface area contributed by atoms with E-state index in [0.717, 1.165) is 12.0 Å². The van der Waals surface area contributed by atoms with Crippen LogP contribution in [-0.4, -0.2) is 10.9 Å². The number of benzene rings is 2. The van der Waals surface area contributed by atoms with Crippen LogP contribution in [0.15, 0.2) is 47.6 Å². The highest BCUT2D eigenvalue weighted by atomic mass is 16.4. The van der Waals surface area contributed by atoms with Gasteiger partial charge in [0.1, 0.15) is 0 Å². The molecule has 0 amide bonds. The van der Waals surface area contributed by atoms with Crippen molar-refractivity contribution in [3.8, 4) is 11.1 Å². The van der Waals surface area contributed by atoms with E-state index in [0.29, 0.717) is 5.71 Å². The fourth-order valence-electron chi connectivity index (χ4n) is 2.43. The lowest BCUT2D eigenvalue weighted by molar-refractivity contribution is 0.319. The third-order valence-electron chi connectivity index (χ3n) is 3.36. The average molecular weight is 223 g/mol. The van der Waals surface area contributed by atoms with Crippen molar-refractivity contribution in [2.75, 3.05) is 0 Å². The van der Waals surface area contributed by atoms with E-state index >= 15 is 0 Å². The Balaban J connectivity index is 2.13. The van der Waals surface area contributed by atoms with E-state index < -0.39 is 0 Å². The quantitative estimate of drug-likeness (QED) is 0.382. The molecule has 1 aliphatic carbocycles. The van der Waals surface area contributed by atoms with E-state index in [2.05, 4.69) is 41.6 Å². The van der Waals surface area contributed by atoms with Crippen molar-refractivity contribution in [2.24, 2.45) is 5.16 Å². The average Bonchev–Trinajstić information content (AvgIpc) is 2.75. The summed E-state index contributed by atoms with van der Waals surface area (Å²) < 4.78 is 0. The highest BCUT2D eigenvalue weighted by molar-refractivity contribution is 5.99. The van der Waals surface area contributed by atoms with Gasteiger partial charge in [0.05, 0.1) is 5.71 Å². The van der Waals surface area contributed by atoms with Crippen LogP contribution in [-0.2, 0) is 6.42 Å². The van der Waals surface area contributed by atoms with Gasteiger partial charge in [0.2, 0.25) is 0 Å². The van der Waals surface area contributed by atoms with Gasteiger partial charge in [-0.1, -0.05) is 41.6 Å². The highest BCUT2D eigenvalue weighted by Gasteiger charge is 2.18. The Morgan fingerprint density at radius 3 is 2.65 bits per heavy atom. The van der Waals surface area contributed by atoms with Crippen molar-refractivity contribution in [1.82, 2.24) is 0 Å². The molecule has 2 heteroatoms. The molecule has 0 radical (unpaired) electrons. The molecule has 0 aliphatic heterocycles. The van der Waals surface area contributed by atoms with Crippen molar-refractivity contribution >= 4 is 5.71 Å². The predicted molar refractivity (Wildman–Crippen MR) is 68.7 cm³/mol. The van der Waals surface area contributed by atoms with Gasteiger partial charge >= 0.3 is 0 Å². The second-order valence-electron chi connectivity index (χ2n) is 4.39. The van der Waals surface area contributed by atoms with E-state index in [-0.39, 0.29) is 0 Å². The summed E-state index contributed by atoms with van der Waals surface area (Å²) in [6.07, 6.45) is 0.970. The van der Waals surface area contributed by atoms with Crippen LogP contribution in [0.3, 0.4) is 0 Å².